The first kappa shape index (κ1) is 30.9. The van der Waals surface area contributed by atoms with Crippen molar-refractivity contribution in [2.75, 3.05) is 0 Å². The fraction of sp³-hybridized carbons (Fsp3) is 0. The molecule has 0 bridgehead atoms. The molecule has 8 aromatic carbocycles. The molecule has 0 aliphatic carbocycles. The summed E-state index contributed by atoms with van der Waals surface area (Å²) in [4.78, 5) is 16.1. The molecule has 1 aliphatic heterocycles. The van der Waals surface area contributed by atoms with E-state index in [0.29, 0.717) is 17.6 Å². The van der Waals surface area contributed by atoms with Crippen LogP contribution in [0.25, 0.3) is 120 Å². The van der Waals surface area contributed by atoms with Crippen LogP contribution in [0, 0.1) is 0 Å². The van der Waals surface area contributed by atoms with Gasteiger partial charge in [0, 0.05) is 64.0 Å². The van der Waals surface area contributed by atoms with Crippen molar-refractivity contribution in [1.82, 2.24) is 24.1 Å². The van der Waals surface area contributed by atoms with Gasteiger partial charge in [0.1, 0.15) is 0 Å². The summed E-state index contributed by atoms with van der Waals surface area (Å²) in [7, 11) is 0. The molecular weight excluding hydrogens is 715 g/mol. The Morgan fingerprint density at radius 2 is 1.02 bits per heavy atom. The molecule has 0 saturated carbocycles. The first-order valence-electron chi connectivity index (χ1n) is 19.2. The Morgan fingerprint density at radius 3 is 1.88 bits per heavy atom. The van der Waals surface area contributed by atoms with Crippen LogP contribution in [0.5, 0.6) is 0 Å². The van der Waals surface area contributed by atoms with Crippen LogP contribution < -0.4 is 0 Å². The molecule has 0 unspecified atom stereocenters. The number of nitrogens with zero attached hydrogens (tertiary/aromatic N) is 5. The zero-order valence-corrected chi connectivity index (χ0v) is 31.2. The van der Waals surface area contributed by atoms with Crippen LogP contribution >= 0.6 is 11.3 Å². The summed E-state index contributed by atoms with van der Waals surface area (Å²) in [6, 6.07) is 63.0. The fourth-order valence-electron chi connectivity index (χ4n) is 9.39. The van der Waals surface area contributed by atoms with E-state index in [4.69, 9.17) is 15.0 Å². The SMILES string of the molecule is c1ccc(-c2nc(-c3cccc4sc5ccccc5c34)nc(-n3c4ccccc4c4c5c6c(cc43)c3ccccc3n6-c3ccccc3-c3ccccc3-5)n2)cc1. The van der Waals surface area contributed by atoms with Crippen molar-refractivity contribution in [1.29, 1.82) is 0 Å². The van der Waals surface area contributed by atoms with E-state index in [1.54, 1.807) is 11.3 Å². The summed E-state index contributed by atoms with van der Waals surface area (Å²) in [6.45, 7) is 0. The quantitative estimate of drug-likeness (QED) is 0.181. The predicted molar refractivity (Wildman–Crippen MR) is 237 cm³/mol. The van der Waals surface area contributed by atoms with Gasteiger partial charge in [0.15, 0.2) is 11.6 Å². The molecule has 0 atom stereocenters. The summed E-state index contributed by atoms with van der Waals surface area (Å²) in [5, 5.41) is 7.10. The number of hydrogen-bond donors (Lipinski definition) is 0. The van der Waals surface area contributed by atoms with Gasteiger partial charge < -0.3 is 4.57 Å². The molecule has 4 aromatic heterocycles. The molecule has 6 heteroatoms. The number of para-hydroxylation sites is 3. The maximum Gasteiger partial charge on any atom is 0.238 e. The number of fused-ring (bicyclic) bond motifs is 15. The second-order valence-corrected chi connectivity index (χ2v) is 15.8. The van der Waals surface area contributed by atoms with Crippen molar-refractivity contribution in [3.8, 4) is 56.7 Å². The molecule has 0 N–H and O–H groups in total. The highest BCUT2D eigenvalue weighted by Crippen LogP contribution is 2.51. The van der Waals surface area contributed by atoms with Gasteiger partial charge in [0.2, 0.25) is 5.95 Å². The Bertz CT molecular complexity index is 3650. The van der Waals surface area contributed by atoms with E-state index in [-0.39, 0.29) is 0 Å². The number of hydrogen-bond acceptors (Lipinski definition) is 4. The van der Waals surface area contributed by atoms with Crippen molar-refractivity contribution in [2.24, 2.45) is 0 Å². The molecule has 264 valence electrons. The third-order valence-corrected chi connectivity index (χ3v) is 12.9. The fourth-order valence-corrected chi connectivity index (χ4v) is 10.5. The average molecular weight is 744 g/mol. The molecule has 5 nitrogen and oxygen atoms in total. The number of thiophene rings is 1. The molecule has 13 rings (SSSR count). The zero-order valence-electron chi connectivity index (χ0n) is 30.4. The van der Waals surface area contributed by atoms with E-state index >= 15 is 0 Å². The third-order valence-electron chi connectivity index (χ3n) is 11.7. The molecule has 0 radical (unpaired) electrons. The van der Waals surface area contributed by atoms with Crippen LogP contribution in [0.2, 0.25) is 0 Å². The summed E-state index contributed by atoms with van der Waals surface area (Å²) in [5.41, 5.74) is 12.5. The van der Waals surface area contributed by atoms with E-state index in [9.17, 15) is 0 Å². The van der Waals surface area contributed by atoms with Crippen molar-refractivity contribution in [3.05, 3.63) is 176 Å². The monoisotopic (exact) mass is 743 g/mol. The van der Waals surface area contributed by atoms with Gasteiger partial charge in [0.05, 0.1) is 27.8 Å². The van der Waals surface area contributed by atoms with Gasteiger partial charge in [-0.15, -0.1) is 11.3 Å². The zero-order chi connectivity index (χ0) is 37.2. The largest absolute Gasteiger partial charge is 0.308 e. The lowest BCUT2D eigenvalue weighted by Gasteiger charge is -2.13. The van der Waals surface area contributed by atoms with Gasteiger partial charge in [-0.05, 0) is 47.5 Å². The standard InChI is InChI=1S/C51H29N5S/c1-2-15-30(16-3-1)49-52-50(37-23-14-28-44-45(37)36-22-9-13-27-43(36)57-44)54-51(53-49)56-41-26-12-8-21-35(41)46-42(56)29-38-33-19-7-11-25-40(33)55-39-24-10-6-18-32(39)31-17-4-5-20-34(31)47(46)48(38)55/h1-29H. The van der Waals surface area contributed by atoms with Crippen LogP contribution in [0.15, 0.2) is 176 Å². The minimum Gasteiger partial charge on any atom is -0.308 e. The first-order chi connectivity index (χ1) is 28.3. The topological polar surface area (TPSA) is 48.5 Å². The molecule has 0 saturated heterocycles. The molecule has 12 aromatic rings. The maximum atomic E-state index is 5.46. The second-order valence-electron chi connectivity index (χ2n) is 14.7. The lowest BCUT2D eigenvalue weighted by molar-refractivity contribution is 0.955. The van der Waals surface area contributed by atoms with E-state index in [0.717, 1.165) is 27.5 Å². The van der Waals surface area contributed by atoms with Crippen molar-refractivity contribution < 1.29 is 0 Å². The van der Waals surface area contributed by atoms with Gasteiger partial charge in [0.25, 0.3) is 0 Å². The van der Waals surface area contributed by atoms with Crippen molar-refractivity contribution in [2.45, 2.75) is 0 Å². The van der Waals surface area contributed by atoms with Crippen LogP contribution in [-0.2, 0) is 0 Å². The Balaban J connectivity index is 1.21. The average Bonchev–Trinajstić information content (AvgIpc) is 3.91. The van der Waals surface area contributed by atoms with Crippen LogP contribution in [0.1, 0.15) is 0 Å². The number of aromatic nitrogens is 5. The summed E-state index contributed by atoms with van der Waals surface area (Å²) < 4.78 is 7.22. The molecule has 0 amide bonds. The normalized spacial score (nSPS) is 12.2. The van der Waals surface area contributed by atoms with Crippen LogP contribution in [0.4, 0.5) is 0 Å². The summed E-state index contributed by atoms with van der Waals surface area (Å²) >= 11 is 1.80. The van der Waals surface area contributed by atoms with Gasteiger partial charge >= 0.3 is 0 Å². The van der Waals surface area contributed by atoms with Gasteiger partial charge in [-0.1, -0.05) is 140 Å². The minimum absolute atomic E-state index is 0.585. The molecule has 1 aliphatic rings. The highest BCUT2D eigenvalue weighted by Gasteiger charge is 2.29. The van der Waals surface area contributed by atoms with Gasteiger partial charge in [-0.2, -0.15) is 9.97 Å². The van der Waals surface area contributed by atoms with Gasteiger partial charge in [-0.25, -0.2) is 4.98 Å². The smallest absolute Gasteiger partial charge is 0.238 e. The van der Waals surface area contributed by atoms with Crippen LogP contribution in [-0.4, -0.2) is 24.1 Å². The molecule has 5 heterocycles. The Labute approximate surface area is 330 Å². The lowest BCUT2D eigenvalue weighted by atomic mass is 9.91. The van der Waals surface area contributed by atoms with Crippen molar-refractivity contribution in [3.63, 3.8) is 0 Å². The molecule has 57 heavy (non-hydrogen) atoms. The highest BCUT2D eigenvalue weighted by molar-refractivity contribution is 7.25. The summed E-state index contributed by atoms with van der Waals surface area (Å²) in [6.07, 6.45) is 0. The van der Waals surface area contributed by atoms with Gasteiger partial charge in [-0.3, -0.25) is 4.57 Å². The Hall–Kier alpha value is -7.41. The third kappa shape index (κ3) is 4.25. The molecule has 0 fully saturated rings. The highest BCUT2D eigenvalue weighted by atomic mass is 32.1. The maximum absolute atomic E-state index is 5.46. The van der Waals surface area contributed by atoms with Crippen molar-refractivity contribution >= 4 is 75.1 Å². The van der Waals surface area contributed by atoms with E-state index < -0.39 is 0 Å². The summed E-state index contributed by atoms with van der Waals surface area (Å²) in [5.74, 6) is 1.87. The van der Waals surface area contributed by atoms with Crippen LogP contribution in [0.3, 0.4) is 0 Å². The number of rotatable bonds is 3. The predicted octanol–water partition coefficient (Wildman–Crippen LogP) is 13.4. The molecule has 0 spiro atoms. The van der Waals surface area contributed by atoms with E-state index in [2.05, 4.69) is 167 Å². The first-order valence-corrected chi connectivity index (χ1v) is 20.0. The Morgan fingerprint density at radius 1 is 0.386 bits per heavy atom. The minimum atomic E-state index is 0.585. The lowest BCUT2D eigenvalue weighted by Crippen LogP contribution is -2.06. The van der Waals surface area contributed by atoms with E-state index in [1.165, 1.54) is 75.3 Å². The Kier molecular flexibility index (Phi) is 6.26. The van der Waals surface area contributed by atoms with E-state index in [1.807, 2.05) is 18.2 Å². The molecular formula is C51H29N5S. The second kappa shape index (κ2) is 11.6. The number of benzene rings is 8.